The molecule has 3 heterocycles. The summed E-state index contributed by atoms with van der Waals surface area (Å²) >= 11 is 0. The van der Waals surface area contributed by atoms with Crippen molar-refractivity contribution in [2.75, 3.05) is 19.6 Å². The van der Waals surface area contributed by atoms with Gasteiger partial charge < -0.3 is 9.80 Å². The molecule has 0 unspecified atom stereocenters. The Hall–Kier alpha value is -1.98. The van der Waals surface area contributed by atoms with E-state index >= 15 is 0 Å². The summed E-state index contributed by atoms with van der Waals surface area (Å²) in [5.74, 6) is 1.57. The van der Waals surface area contributed by atoms with Crippen molar-refractivity contribution < 1.29 is 9.59 Å². The lowest BCUT2D eigenvalue weighted by Gasteiger charge is -2.42. The molecule has 1 aromatic heterocycles. The predicted molar refractivity (Wildman–Crippen MR) is 95.2 cm³/mol. The molecule has 0 N–H and O–H groups in total. The molecule has 2 atom stereocenters. The van der Waals surface area contributed by atoms with E-state index in [1.807, 2.05) is 4.90 Å². The zero-order chi connectivity index (χ0) is 17.7. The number of rotatable bonds is 3. The Balaban J connectivity index is 1.33. The molecular formula is C20H26N4O2. The number of amides is 2. The van der Waals surface area contributed by atoms with Crippen molar-refractivity contribution in [3.8, 4) is 0 Å². The van der Waals surface area contributed by atoms with E-state index in [4.69, 9.17) is 0 Å². The molecule has 26 heavy (non-hydrogen) atoms. The quantitative estimate of drug-likeness (QED) is 0.834. The van der Waals surface area contributed by atoms with Crippen LogP contribution >= 0.6 is 0 Å². The first-order chi connectivity index (χ1) is 12.7. The summed E-state index contributed by atoms with van der Waals surface area (Å²) in [6, 6.07) is 1.90. The van der Waals surface area contributed by atoms with Crippen molar-refractivity contribution in [3.05, 3.63) is 24.3 Å². The van der Waals surface area contributed by atoms with Gasteiger partial charge in [-0.1, -0.05) is 6.42 Å². The van der Waals surface area contributed by atoms with Crippen LogP contribution in [0.4, 0.5) is 0 Å². The van der Waals surface area contributed by atoms with Crippen LogP contribution in [0.5, 0.6) is 0 Å². The fraction of sp³-hybridized carbons (Fsp3) is 0.700. The Morgan fingerprint density at radius 2 is 1.81 bits per heavy atom. The lowest BCUT2D eigenvalue weighted by atomic mass is 9.72. The smallest absolute Gasteiger partial charge is 0.291 e. The molecule has 6 heteroatoms. The van der Waals surface area contributed by atoms with Crippen molar-refractivity contribution in [1.82, 2.24) is 19.8 Å². The van der Waals surface area contributed by atoms with Crippen LogP contribution in [0.3, 0.4) is 0 Å². The lowest BCUT2D eigenvalue weighted by molar-refractivity contribution is -0.145. The number of likely N-dealkylation sites (tertiary alicyclic amines) is 2. The summed E-state index contributed by atoms with van der Waals surface area (Å²) in [4.78, 5) is 38.4. The monoisotopic (exact) mass is 354 g/mol. The van der Waals surface area contributed by atoms with Crippen LogP contribution in [0.1, 0.15) is 55.6 Å². The summed E-state index contributed by atoms with van der Waals surface area (Å²) < 4.78 is 0. The van der Waals surface area contributed by atoms with E-state index in [1.54, 1.807) is 18.5 Å². The first-order valence-corrected chi connectivity index (χ1v) is 10.1. The first-order valence-electron chi connectivity index (χ1n) is 10.1. The van der Waals surface area contributed by atoms with E-state index in [-0.39, 0.29) is 23.2 Å². The maximum atomic E-state index is 13.4. The van der Waals surface area contributed by atoms with Gasteiger partial charge in [0, 0.05) is 32.0 Å². The molecule has 0 radical (unpaired) electrons. The van der Waals surface area contributed by atoms with Crippen molar-refractivity contribution in [2.45, 2.75) is 51.0 Å². The third-order valence-corrected chi connectivity index (χ3v) is 7.19. The summed E-state index contributed by atoms with van der Waals surface area (Å²) in [7, 11) is 0. The number of piperidine rings is 1. The normalized spacial score (nSPS) is 29.8. The van der Waals surface area contributed by atoms with E-state index in [0.29, 0.717) is 24.3 Å². The van der Waals surface area contributed by atoms with E-state index < -0.39 is 0 Å². The van der Waals surface area contributed by atoms with Crippen molar-refractivity contribution >= 4 is 11.8 Å². The Kier molecular flexibility index (Phi) is 3.76. The van der Waals surface area contributed by atoms with Gasteiger partial charge in [0.1, 0.15) is 0 Å². The zero-order valence-electron chi connectivity index (χ0n) is 15.1. The number of carbonyl (C=O) groups is 2. The molecule has 138 valence electrons. The number of hydrogen-bond donors (Lipinski definition) is 0. The SMILES string of the molecule is O=C(c1ncccn1)N1C[C@@H]2CCCN(C(=O)C3(C4CCC4)CC3)[C@@H]2C1. The van der Waals surface area contributed by atoms with Gasteiger partial charge >= 0.3 is 0 Å². The van der Waals surface area contributed by atoms with Crippen molar-refractivity contribution in [3.63, 3.8) is 0 Å². The third kappa shape index (κ3) is 2.45. The summed E-state index contributed by atoms with van der Waals surface area (Å²) in [6.45, 7) is 2.22. The van der Waals surface area contributed by atoms with Crippen molar-refractivity contribution in [1.29, 1.82) is 0 Å². The van der Waals surface area contributed by atoms with Crippen LogP contribution in [-0.4, -0.2) is 57.3 Å². The third-order valence-electron chi connectivity index (χ3n) is 7.19. The van der Waals surface area contributed by atoms with Gasteiger partial charge in [0.2, 0.25) is 11.7 Å². The van der Waals surface area contributed by atoms with Gasteiger partial charge in [-0.25, -0.2) is 9.97 Å². The summed E-state index contributed by atoms with van der Waals surface area (Å²) in [5.41, 5.74) is -0.0416. The molecule has 1 aromatic rings. The first kappa shape index (κ1) is 16.2. The standard InChI is InChI=1S/C20H26N4O2/c25-18(17-21-9-3-10-22-17)23-12-14-4-2-11-24(16(14)13-23)19(26)20(7-8-20)15-5-1-6-15/h3,9-10,14-16H,1-2,4-8,11-13H2/t14-,16+/m0/s1. The second kappa shape index (κ2) is 6.03. The van der Waals surface area contributed by atoms with Crippen LogP contribution in [0.2, 0.25) is 0 Å². The molecule has 0 aromatic carbocycles. The number of aromatic nitrogens is 2. The maximum absolute atomic E-state index is 13.4. The highest BCUT2D eigenvalue weighted by atomic mass is 16.2. The van der Waals surface area contributed by atoms with Gasteiger partial charge in [0.25, 0.3) is 5.91 Å². The second-order valence-electron chi connectivity index (χ2n) is 8.53. The van der Waals surface area contributed by atoms with Gasteiger partial charge in [0.05, 0.1) is 11.5 Å². The second-order valence-corrected chi connectivity index (χ2v) is 8.53. The van der Waals surface area contributed by atoms with E-state index in [2.05, 4.69) is 14.9 Å². The Labute approximate surface area is 154 Å². The van der Waals surface area contributed by atoms with Gasteiger partial charge in [-0.15, -0.1) is 0 Å². The summed E-state index contributed by atoms with van der Waals surface area (Å²) in [6.07, 6.45) is 11.2. The van der Waals surface area contributed by atoms with Gasteiger partial charge in [-0.3, -0.25) is 9.59 Å². The van der Waals surface area contributed by atoms with Crippen LogP contribution in [-0.2, 0) is 4.79 Å². The van der Waals surface area contributed by atoms with Gasteiger partial charge in [0.15, 0.2) is 0 Å². The molecule has 2 saturated heterocycles. The van der Waals surface area contributed by atoms with E-state index in [9.17, 15) is 9.59 Å². The predicted octanol–water partition coefficient (Wildman–Crippen LogP) is 2.12. The molecule has 2 aliphatic heterocycles. The number of fused-ring (bicyclic) bond motifs is 1. The van der Waals surface area contributed by atoms with Gasteiger partial charge in [-0.2, -0.15) is 0 Å². The molecular weight excluding hydrogens is 328 g/mol. The molecule has 4 aliphatic rings. The average Bonchev–Trinajstić information content (AvgIpc) is 3.29. The largest absolute Gasteiger partial charge is 0.337 e. The van der Waals surface area contributed by atoms with E-state index in [0.717, 1.165) is 38.8 Å². The number of hydrogen-bond acceptors (Lipinski definition) is 4. The fourth-order valence-corrected chi connectivity index (χ4v) is 5.33. The lowest BCUT2D eigenvalue weighted by Crippen LogP contribution is -2.52. The minimum atomic E-state index is -0.104. The molecule has 0 spiro atoms. The molecule has 4 fully saturated rings. The molecule has 5 rings (SSSR count). The molecule has 2 aliphatic carbocycles. The highest BCUT2D eigenvalue weighted by Gasteiger charge is 2.59. The summed E-state index contributed by atoms with van der Waals surface area (Å²) in [5, 5.41) is 0. The number of nitrogens with zero attached hydrogens (tertiary/aromatic N) is 4. The average molecular weight is 354 g/mol. The van der Waals surface area contributed by atoms with Gasteiger partial charge in [-0.05, 0) is 56.4 Å². The minimum absolute atomic E-state index is 0.0416. The number of carbonyl (C=O) groups excluding carboxylic acids is 2. The minimum Gasteiger partial charge on any atom is -0.337 e. The highest BCUT2D eigenvalue weighted by Crippen LogP contribution is 2.60. The molecule has 0 bridgehead atoms. The fourth-order valence-electron chi connectivity index (χ4n) is 5.33. The molecule has 2 saturated carbocycles. The Bertz CT molecular complexity index is 714. The van der Waals surface area contributed by atoms with Crippen LogP contribution in [0.15, 0.2) is 18.5 Å². The highest BCUT2D eigenvalue weighted by molar-refractivity contribution is 5.91. The Morgan fingerprint density at radius 3 is 2.46 bits per heavy atom. The topological polar surface area (TPSA) is 66.4 Å². The molecule has 6 nitrogen and oxygen atoms in total. The van der Waals surface area contributed by atoms with Crippen LogP contribution < -0.4 is 0 Å². The van der Waals surface area contributed by atoms with Crippen molar-refractivity contribution in [2.24, 2.45) is 17.3 Å². The maximum Gasteiger partial charge on any atom is 0.291 e. The van der Waals surface area contributed by atoms with E-state index in [1.165, 1.54) is 19.3 Å². The zero-order valence-corrected chi connectivity index (χ0v) is 15.1. The molecule has 2 amide bonds. The van der Waals surface area contributed by atoms with Crippen LogP contribution in [0, 0.1) is 17.3 Å². The van der Waals surface area contributed by atoms with Crippen LogP contribution in [0.25, 0.3) is 0 Å². The Morgan fingerprint density at radius 1 is 1.04 bits per heavy atom.